The van der Waals surface area contributed by atoms with Gasteiger partial charge in [-0.3, -0.25) is 4.98 Å². The number of anilines is 1. The van der Waals surface area contributed by atoms with Crippen molar-refractivity contribution in [3.63, 3.8) is 0 Å². The Hall–Kier alpha value is -3.75. The van der Waals surface area contributed by atoms with Crippen molar-refractivity contribution < 1.29 is 50.8 Å². The molecule has 1 aromatic heterocycles. The van der Waals surface area contributed by atoms with Crippen LogP contribution in [0.15, 0.2) is 60.5 Å². The zero-order valence-electron chi connectivity index (χ0n) is 24.0. The number of halogens is 7. The SMILES string of the molecule is C.C=C(C)/C(=C\C)OC(F)(F)F.Cc1cc(NC(=O)N2CC=C(c3ncc(C[C@@H](O)CO)cc3Cl)CC2)ccc1OC(F)(F)F. The molecule has 0 spiro atoms. The van der Waals surface area contributed by atoms with E-state index in [-0.39, 0.29) is 49.1 Å². The lowest BCUT2D eigenvalue weighted by Gasteiger charge is -2.27. The Bertz CT molecular complexity index is 1380. The van der Waals surface area contributed by atoms with Gasteiger partial charge in [-0.15, -0.1) is 26.3 Å². The van der Waals surface area contributed by atoms with Crippen molar-refractivity contribution in [1.82, 2.24) is 9.88 Å². The first-order valence-electron chi connectivity index (χ1n) is 13.0. The van der Waals surface area contributed by atoms with Gasteiger partial charge in [-0.05, 0) is 79.8 Å². The molecule has 1 aromatic carbocycles. The molecule has 0 aliphatic carbocycles. The second-order valence-corrected chi connectivity index (χ2v) is 9.99. The lowest BCUT2D eigenvalue weighted by Crippen LogP contribution is -2.38. The maximum Gasteiger partial charge on any atom is 0.573 e. The minimum atomic E-state index is -4.79. The van der Waals surface area contributed by atoms with Crippen LogP contribution in [0.5, 0.6) is 5.75 Å². The zero-order valence-corrected chi connectivity index (χ0v) is 24.8. The van der Waals surface area contributed by atoms with Crippen molar-refractivity contribution in [3.8, 4) is 5.75 Å². The predicted molar refractivity (Wildman–Crippen MR) is 160 cm³/mol. The predicted octanol–water partition coefficient (Wildman–Crippen LogP) is 7.80. The van der Waals surface area contributed by atoms with Crippen LogP contribution in [0.4, 0.5) is 36.8 Å². The molecule has 0 radical (unpaired) electrons. The van der Waals surface area contributed by atoms with Gasteiger partial charge >= 0.3 is 18.8 Å². The molecule has 1 aliphatic rings. The lowest BCUT2D eigenvalue weighted by atomic mass is 10.0. The van der Waals surface area contributed by atoms with Crippen molar-refractivity contribution in [3.05, 3.63) is 82.4 Å². The molecule has 2 aromatic rings. The van der Waals surface area contributed by atoms with Gasteiger partial charge in [0.1, 0.15) is 11.5 Å². The van der Waals surface area contributed by atoms with E-state index in [1.807, 2.05) is 6.08 Å². The number of nitrogens with one attached hydrogen (secondary N) is 1. The minimum Gasteiger partial charge on any atom is -0.406 e. The summed E-state index contributed by atoms with van der Waals surface area (Å²) in [6.45, 7) is 8.02. The van der Waals surface area contributed by atoms with Gasteiger partial charge in [-0.25, -0.2) is 4.79 Å². The van der Waals surface area contributed by atoms with Gasteiger partial charge in [0.05, 0.1) is 23.4 Å². The van der Waals surface area contributed by atoms with Crippen LogP contribution in [0, 0.1) is 6.92 Å². The van der Waals surface area contributed by atoms with Gasteiger partial charge in [-0.2, -0.15) is 0 Å². The van der Waals surface area contributed by atoms with Gasteiger partial charge in [0, 0.05) is 31.4 Å². The molecule has 0 bridgehead atoms. The molecule has 3 N–H and O–H groups in total. The molecule has 0 saturated heterocycles. The third-order valence-corrected chi connectivity index (χ3v) is 6.23. The first kappa shape index (κ1) is 39.3. The molecule has 1 aliphatic heterocycles. The topological polar surface area (TPSA) is 104 Å². The Kier molecular flexibility index (Phi) is 14.9. The van der Waals surface area contributed by atoms with E-state index in [0.29, 0.717) is 41.5 Å². The van der Waals surface area contributed by atoms with Gasteiger partial charge < -0.3 is 29.9 Å². The third kappa shape index (κ3) is 13.4. The van der Waals surface area contributed by atoms with Crippen molar-refractivity contribution in [2.45, 2.75) is 59.9 Å². The highest BCUT2D eigenvalue weighted by Crippen LogP contribution is 2.30. The summed E-state index contributed by atoms with van der Waals surface area (Å²) in [7, 11) is 0. The van der Waals surface area contributed by atoms with Crippen molar-refractivity contribution in [2.75, 3.05) is 25.0 Å². The summed E-state index contributed by atoms with van der Waals surface area (Å²) in [4.78, 5) is 18.5. The summed E-state index contributed by atoms with van der Waals surface area (Å²) < 4.78 is 79.4. The Morgan fingerprint density at radius 3 is 2.33 bits per heavy atom. The van der Waals surface area contributed by atoms with Gasteiger partial charge in [-0.1, -0.05) is 31.7 Å². The maximum absolute atomic E-state index is 12.6. The number of benzene rings is 1. The molecule has 1 atom stereocenters. The highest BCUT2D eigenvalue weighted by molar-refractivity contribution is 6.32. The number of alkyl halides is 6. The van der Waals surface area contributed by atoms with Crippen LogP contribution in [0.25, 0.3) is 5.57 Å². The van der Waals surface area contributed by atoms with Crippen LogP contribution in [-0.4, -0.2) is 64.7 Å². The number of pyridine rings is 1. The molecule has 0 unspecified atom stereocenters. The molecular formula is C30H36ClF6N3O5. The average molecular weight is 668 g/mol. The third-order valence-electron chi connectivity index (χ3n) is 5.94. The second-order valence-electron chi connectivity index (χ2n) is 9.58. The number of amides is 2. The average Bonchev–Trinajstić information content (AvgIpc) is 2.92. The van der Waals surface area contributed by atoms with E-state index in [1.54, 1.807) is 17.2 Å². The molecule has 3 rings (SSSR count). The number of nitrogens with zero attached hydrogens (tertiary/aromatic N) is 2. The molecule has 0 fully saturated rings. The van der Waals surface area contributed by atoms with Crippen LogP contribution in [0.3, 0.4) is 0 Å². The summed E-state index contributed by atoms with van der Waals surface area (Å²) in [6.07, 6.45) is -4.90. The Morgan fingerprint density at radius 2 is 1.89 bits per heavy atom. The number of carbonyl (C=O) groups is 1. The number of aromatic nitrogens is 1. The first-order chi connectivity index (χ1) is 20.4. The quantitative estimate of drug-likeness (QED) is 0.151. The van der Waals surface area contributed by atoms with E-state index in [9.17, 15) is 36.2 Å². The highest BCUT2D eigenvalue weighted by Gasteiger charge is 2.32. The second kappa shape index (κ2) is 17.1. The summed E-state index contributed by atoms with van der Waals surface area (Å²) in [6, 6.07) is 5.21. The largest absolute Gasteiger partial charge is 0.573 e. The number of allylic oxidation sites excluding steroid dienone is 2. The van der Waals surface area contributed by atoms with E-state index in [4.69, 9.17) is 16.7 Å². The van der Waals surface area contributed by atoms with Crippen LogP contribution >= 0.6 is 11.6 Å². The van der Waals surface area contributed by atoms with Crippen molar-refractivity contribution >= 4 is 28.9 Å². The van der Waals surface area contributed by atoms with E-state index >= 15 is 0 Å². The molecule has 250 valence electrons. The van der Waals surface area contributed by atoms with Crippen LogP contribution in [-0.2, 0) is 11.2 Å². The molecular weight excluding hydrogens is 632 g/mol. The normalized spacial score (nSPS) is 14.3. The molecule has 2 heterocycles. The molecule has 8 nitrogen and oxygen atoms in total. The standard InChI is InChI=1S/C22H23ClF3N3O4.C7H9F3O.CH4/c1-13-8-16(2-3-19(13)33-22(24,25)26)28-21(32)29-6-4-15(5-7-29)20-18(23)10-14(11-27-20)9-17(31)12-30;1-4-6(5(2)3)11-7(8,9)10;/h2-4,8,10-11,17,30-31H,5-7,9,12H2,1H3,(H,28,32);4H,2H2,1,3H3;1H4/b;6-4+;/t17-;;/m1../s1. The number of hydrogen-bond donors (Lipinski definition) is 3. The number of hydrogen-bond acceptors (Lipinski definition) is 6. The number of ether oxygens (including phenoxy) is 2. The molecule has 45 heavy (non-hydrogen) atoms. The van der Waals surface area contributed by atoms with Crippen LogP contribution in [0.1, 0.15) is 44.5 Å². The fourth-order valence-electron chi connectivity index (χ4n) is 3.92. The molecule has 15 heteroatoms. The molecule has 2 amide bonds. The van der Waals surface area contributed by atoms with Crippen molar-refractivity contribution in [1.29, 1.82) is 0 Å². The monoisotopic (exact) mass is 667 g/mol. The van der Waals surface area contributed by atoms with Crippen LogP contribution in [0.2, 0.25) is 5.02 Å². The Labute approximate surface area is 262 Å². The van der Waals surface area contributed by atoms with Crippen LogP contribution < -0.4 is 10.1 Å². The zero-order chi connectivity index (χ0) is 33.2. The van der Waals surface area contributed by atoms with Crippen molar-refractivity contribution in [2.24, 2.45) is 0 Å². The highest BCUT2D eigenvalue weighted by atomic mass is 35.5. The maximum atomic E-state index is 12.6. The van der Waals surface area contributed by atoms with Gasteiger partial charge in [0.25, 0.3) is 0 Å². The Morgan fingerprint density at radius 1 is 1.22 bits per heavy atom. The number of urea groups is 1. The summed E-state index contributed by atoms with van der Waals surface area (Å²) in [5.41, 5.74) is 3.01. The number of aliphatic hydroxyl groups excluding tert-OH is 2. The smallest absolute Gasteiger partial charge is 0.406 e. The number of aliphatic hydroxyl groups is 2. The fraction of sp³-hybridized carbons (Fsp3) is 0.400. The minimum absolute atomic E-state index is 0. The number of carbonyl (C=O) groups excluding carboxylic acids is 1. The fourth-order valence-corrected chi connectivity index (χ4v) is 4.23. The van der Waals surface area contributed by atoms with Gasteiger partial charge in [0.2, 0.25) is 0 Å². The molecule has 0 saturated carbocycles. The first-order valence-corrected chi connectivity index (χ1v) is 13.4. The Balaban J connectivity index is 0.000000722. The summed E-state index contributed by atoms with van der Waals surface area (Å²) in [5.74, 6) is -0.565. The van der Waals surface area contributed by atoms with Gasteiger partial charge in [0.15, 0.2) is 0 Å². The van der Waals surface area contributed by atoms with E-state index in [1.165, 1.54) is 39.0 Å². The number of rotatable bonds is 8. The summed E-state index contributed by atoms with van der Waals surface area (Å²) in [5, 5.41) is 21.6. The van der Waals surface area contributed by atoms with E-state index in [0.717, 1.165) is 11.6 Å². The number of aryl methyl sites for hydroxylation is 1. The lowest BCUT2D eigenvalue weighted by molar-refractivity contribution is -0.304. The van der Waals surface area contributed by atoms with E-state index in [2.05, 4.69) is 26.4 Å². The summed E-state index contributed by atoms with van der Waals surface area (Å²) >= 11 is 6.34. The van der Waals surface area contributed by atoms with E-state index < -0.39 is 18.8 Å².